The molecule has 0 bridgehead atoms. The van der Waals surface area contributed by atoms with E-state index in [9.17, 15) is 9.90 Å². The van der Waals surface area contributed by atoms with Crippen LogP contribution in [0.5, 0.6) is 0 Å². The van der Waals surface area contributed by atoms with E-state index in [4.69, 9.17) is 4.74 Å². The molecule has 5 nitrogen and oxygen atoms in total. The van der Waals surface area contributed by atoms with Gasteiger partial charge in [-0.25, -0.2) is 0 Å². The van der Waals surface area contributed by atoms with E-state index in [-0.39, 0.29) is 23.7 Å². The SMILES string of the molecule is CC[C@H]1C[C@@H](O)CC2(CCN(C(=O)Cn3ccc4ccccc43)CC2)O1. The van der Waals surface area contributed by atoms with Crippen molar-refractivity contribution in [1.29, 1.82) is 0 Å². The van der Waals surface area contributed by atoms with Gasteiger partial charge in [0, 0.05) is 31.2 Å². The Kier molecular flexibility index (Phi) is 4.76. The normalized spacial score (nSPS) is 25.7. The molecule has 0 unspecified atom stereocenters. The number of likely N-dealkylation sites (tertiary alicyclic amines) is 1. The van der Waals surface area contributed by atoms with Crippen molar-refractivity contribution in [1.82, 2.24) is 9.47 Å². The Morgan fingerprint density at radius 2 is 2.04 bits per heavy atom. The summed E-state index contributed by atoms with van der Waals surface area (Å²) < 4.78 is 8.35. The van der Waals surface area contributed by atoms with Crippen molar-refractivity contribution in [3.05, 3.63) is 36.5 Å². The third-order valence-corrected chi connectivity index (χ3v) is 6.03. The van der Waals surface area contributed by atoms with Crippen LogP contribution >= 0.6 is 0 Å². The molecule has 2 aromatic rings. The molecule has 5 heteroatoms. The van der Waals surface area contributed by atoms with Crippen LogP contribution in [0, 0.1) is 0 Å². The van der Waals surface area contributed by atoms with Crippen molar-refractivity contribution in [3.8, 4) is 0 Å². The maximum absolute atomic E-state index is 12.8. The molecule has 1 spiro atoms. The van der Waals surface area contributed by atoms with Gasteiger partial charge in [0.05, 0.1) is 17.8 Å². The van der Waals surface area contributed by atoms with Crippen LogP contribution in [0.15, 0.2) is 36.5 Å². The predicted octanol–water partition coefficient (Wildman–Crippen LogP) is 2.95. The van der Waals surface area contributed by atoms with Gasteiger partial charge in [0.1, 0.15) is 6.54 Å². The first kappa shape index (κ1) is 17.6. The van der Waals surface area contributed by atoms with Crippen molar-refractivity contribution >= 4 is 16.8 Å². The molecule has 1 aromatic carbocycles. The Hall–Kier alpha value is -1.85. The molecule has 2 fully saturated rings. The summed E-state index contributed by atoms with van der Waals surface area (Å²) in [5.41, 5.74) is 0.855. The molecule has 1 N–H and O–H groups in total. The van der Waals surface area contributed by atoms with Crippen LogP contribution in [-0.4, -0.2) is 51.4 Å². The van der Waals surface area contributed by atoms with Crippen LogP contribution in [-0.2, 0) is 16.1 Å². The fourth-order valence-corrected chi connectivity index (χ4v) is 4.53. The minimum atomic E-state index is -0.276. The topological polar surface area (TPSA) is 54.7 Å². The van der Waals surface area contributed by atoms with Crippen molar-refractivity contribution in [2.45, 2.75) is 63.4 Å². The van der Waals surface area contributed by atoms with E-state index in [2.05, 4.69) is 25.1 Å². The molecular weight excluding hydrogens is 328 g/mol. The Morgan fingerprint density at radius 3 is 2.81 bits per heavy atom. The van der Waals surface area contributed by atoms with E-state index in [0.717, 1.165) is 36.6 Å². The number of rotatable bonds is 3. The molecule has 140 valence electrons. The summed E-state index contributed by atoms with van der Waals surface area (Å²) in [6.07, 6.45) is 5.87. The fraction of sp³-hybridized carbons (Fsp3) is 0.571. The van der Waals surface area contributed by atoms with Crippen LogP contribution in [0.2, 0.25) is 0 Å². The second-order valence-corrected chi connectivity index (χ2v) is 7.81. The average Bonchev–Trinajstić information content (AvgIpc) is 3.04. The van der Waals surface area contributed by atoms with Crippen molar-refractivity contribution in [3.63, 3.8) is 0 Å². The highest BCUT2D eigenvalue weighted by atomic mass is 16.5. The number of nitrogens with zero attached hydrogens (tertiary/aromatic N) is 2. The van der Waals surface area contributed by atoms with Gasteiger partial charge in [0.25, 0.3) is 0 Å². The predicted molar refractivity (Wildman–Crippen MR) is 101 cm³/mol. The van der Waals surface area contributed by atoms with E-state index in [1.165, 1.54) is 0 Å². The Bertz CT molecular complexity index is 776. The summed E-state index contributed by atoms with van der Waals surface area (Å²) in [6, 6.07) is 10.2. The van der Waals surface area contributed by atoms with E-state index >= 15 is 0 Å². The minimum absolute atomic E-state index is 0.146. The number of aromatic nitrogens is 1. The lowest BCUT2D eigenvalue weighted by Gasteiger charge is -2.47. The van der Waals surface area contributed by atoms with Crippen molar-refractivity contribution in [2.75, 3.05) is 13.1 Å². The van der Waals surface area contributed by atoms with Gasteiger partial charge in [-0.1, -0.05) is 25.1 Å². The number of aliphatic hydroxyl groups excluding tert-OH is 1. The molecule has 2 aliphatic heterocycles. The smallest absolute Gasteiger partial charge is 0.242 e. The van der Waals surface area contributed by atoms with Crippen LogP contribution < -0.4 is 0 Å². The van der Waals surface area contributed by atoms with Gasteiger partial charge >= 0.3 is 0 Å². The first-order valence-electron chi connectivity index (χ1n) is 9.76. The number of benzene rings is 1. The second-order valence-electron chi connectivity index (χ2n) is 7.81. The summed E-state index contributed by atoms with van der Waals surface area (Å²) in [5, 5.41) is 11.4. The number of fused-ring (bicyclic) bond motifs is 1. The van der Waals surface area contributed by atoms with Gasteiger partial charge in [0.2, 0.25) is 5.91 Å². The Morgan fingerprint density at radius 1 is 1.27 bits per heavy atom. The molecule has 2 saturated heterocycles. The molecule has 4 rings (SSSR count). The first-order chi connectivity index (χ1) is 12.6. The van der Waals surface area contributed by atoms with E-state index in [1.807, 2.05) is 27.8 Å². The lowest BCUT2D eigenvalue weighted by Crippen LogP contribution is -2.54. The molecule has 1 amide bonds. The van der Waals surface area contributed by atoms with Gasteiger partial charge in [-0.05, 0) is 43.2 Å². The summed E-state index contributed by atoms with van der Waals surface area (Å²) in [6.45, 7) is 3.90. The van der Waals surface area contributed by atoms with E-state index in [0.29, 0.717) is 26.1 Å². The maximum atomic E-state index is 12.8. The number of hydrogen-bond acceptors (Lipinski definition) is 3. The van der Waals surface area contributed by atoms with Gasteiger partial charge in [0.15, 0.2) is 0 Å². The van der Waals surface area contributed by atoms with Crippen LogP contribution in [0.25, 0.3) is 10.9 Å². The minimum Gasteiger partial charge on any atom is -0.393 e. The number of carbonyl (C=O) groups excluding carboxylic acids is 1. The Balaban J connectivity index is 1.39. The van der Waals surface area contributed by atoms with Crippen LogP contribution in [0.4, 0.5) is 0 Å². The summed E-state index contributed by atoms with van der Waals surface area (Å²) in [7, 11) is 0. The number of aliphatic hydroxyl groups is 1. The molecule has 2 atom stereocenters. The average molecular weight is 356 g/mol. The second kappa shape index (κ2) is 7.05. The molecule has 26 heavy (non-hydrogen) atoms. The summed E-state index contributed by atoms with van der Waals surface area (Å²) in [4.78, 5) is 14.7. The number of piperidine rings is 1. The van der Waals surface area contributed by atoms with Crippen LogP contribution in [0.1, 0.15) is 39.0 Å². The third-order valence-electron chi connectivity index (χ3n) is 6.03. The molecule has 1 aromatic heterocycles. The molecule has 0 aliphatic carbocycles. The molecule has 2 aliphatic rings. The lowest BCUT2D eigenvalue weighted by atomic mass is 9.81. The molecule has 3 heterocycles. The zero-order valence-electron chi connectivity index (χ0n) is 15.4. The van der Waals surface area contributed by atoms with Gasteiger partial charge < -0.3 is 19.3 Å². The zero-order valence-corrected chi connectivity index (χ0v) is 15.4. The first-order valence-corrected chi connectivity index (χ1v) is 9.76. The zero-order chi connectivity index (χ0) is 18.1. The Labute approximate surface area is 154 Å². The standard InChI is InChI=1S/C21H28N2O3/c1-2-18-13-17(24)14-21(26-18)8-11-22(12-9-21)20(25)15-23-10-7-16-5-3-4-6-19(16)23/h3-7,10,17-18,24H,2,8-9,11-15H2,1H3/t17-,18+/m1/s1. The number of ether oxygens (including phenoxy) is 1. The van der Waals surface area contributed by atoms with Gasteiger partial charge in [-0.3, -0.25) is 4.79 Å². The highest BCUT2D eigenvalue weighted by Gasteiger charge is 2.43. The highest BCUT2D eigenvalue weighted by molar-refractivity contribution is 5.83. The van der Waals surface area contributed by atoms with Crippen molar-refractivity contribution in [2.24, 2.45) is 0 Å². The molecular formula is C21H28N2O3. The van der Waals surface area contributed by atoms with Gasteiger partial charge in [-0.2, -0.15) is 0 Å². The number of hydrogen-bond donors (Lipinski definition) is 1. The summed E-state index contributed by atoms with van der Waals surface area (Å²) in [5.74, 6) is 0.157. The number of amides is 1. The monoisotopic (exact) mass is 356 g/mol. The lowest BCUT2D eigenvalue weighted by molar-refractivity contribution is -0.183. The van der Waals surface area contributed by atoms with E-state index in [1.54, 1.807) is 0 Å². The number of carbonyl (C=O) groups is 1. The summed E-state index contributed by atoms with van der Waals surface area (Å²) >= 11 is 0. The largest absolute Gasteiger partial charge is 0.393 e. The van der Waals surface area contributed by atoms with Crippen LogP contribution in [0.3, 0.4) is 0 Å². The molecule has 0 saturated carbocycles. The van der Waals surface area contributed by atoms with Crippen molar-refractivity contribution < 1.29 is 14.6 Å². The fourth-order valence-electron chi connectivity index (χ4n) is 4.53. The molecule has 0 radical (unpaired) electrons. The van der Waals surface area contributed by atoms with Gasteiger partial charge in [-0.15, -0.1) is 0 Å². The quantitative estimate of drug-likeness (QED) is 0.920. The third kappa shape index (κ3) is 3.38. The highest BCUT2D eigenvalue weighted by Crippen LogP contribution is 2.38. The number of para-hydroxylation sites is 1. The maximum Gasteiger partial charge on any atom is 0.242 e. The van der Waals surface area contributed by atoms with E-state index < -0.39 is 0 Å².